The summed E-state index contributed by atoms with van der Waals surface area (Å²) in [5.41, 5.74) is 8.03. The predicted molar refractivity (Wildman–Crippen MR) is 75.8 cm³/mol. The Morgan fingerprint density at radius 1 is 1.20 bits per heavy atom. The normalized spacial score (nSPS) is 12.2. The summed E-state index contributed by atoms with van der Waals surface area (Å²) in [5.74, 6) is 1.44. The van der Waals surface area contributed by atoms with Crippen LogP contribution in [0.25, 0.3) is 0 Å². The van der Waals surface area contributed by atoms with Crippen molar-refractivity contribution < 1.29 is 9.47 Å². The third-order valence-corrected chi connectivity index (χ3v) is 2.99. The lowest BCUT2D eigenvalue weighted by Crippen LogP contribution is -2.16. The number of nitrogens with two attached hydrogens (primary N) is 1. The third-order valence-electron chi connectivity index (χ3n) is 2.99. The topological polar surface area (TPSA) is 75.2 Å². The van der Waals surface area contributed by atoms with Crippen LogP contribution in [0.4, 0.5) is 0 Å². The molecule has 1 unspecified atom stereocenters. The maximum absolute atomic E-state index is 6.25. The van der Waals surface area contributed by atoms with E-state index in [1.165, 1.54) is 0 Å². The van der Waals surface area contributed by atoms with Gasteiger partial charge in [-0.05, 0) is 31.5 Å². The molecule has 0 radical (unpaired) electrons. The van der Waals surface area contributed by atoms with Gasteiger partial charge in [0.05, 0.1) is 31.1 Å². The Bertz CT molecular complexity index is 568. The average molecular weight is 276 g/mol. The van der Waals surface area contributed by atoms with E-state index < -0.39 is 0 Å². The van der Waals surface area contributed by atoms with Gasteiger partial charge in [-0.15, -0.1) is 5.10 Å². The Labute approximate surface area is 118 Å². The minimum absolute atomic E-state index is 0.301. The highest BCUT2D eigenvalue weighted by atomic mass is 16.5. The van der Waals surface area contributed by atoms with Crippen LogP contribution in [0.3, 0.4) is 0 Å². The third kappa shape index (κ3) is 2.91. The van der Waals surface area contributed by atoms with Gasteiger partial charge < -0.3 is 15.2 Å². The molecule has 1 atom stereocenters. The first-order valence-electron chi connectivity index (χ1n) is 6.67. The van der Waals surface area contributed by atoms with E-state index in [9.17, 15) is 0 Å². The Morgan fingerprint density at radius 3 is 2.50 bits per heavy atom. The van der Waals surface area contributed by atoms with Crippen molar-refractivity contribution in [2.75, 3.05) is 13.2 Å². The molecule has 0 aliphatic carbocycles. The van der Waals surface area contributed by atoms with Gasteiger partial charge in [0.15, 0.2) is 11.5 Å². The molecule has 6 heteroatoms. The summed E-state index contributed by atoms with van der Waals surface area (Å²) in [6.45, 7) is 5.05. The number of rotatable bonds is 6. The van der Waals surface area contributed by atoms with Gasteiger partial charge in [-0.25, -0.2) is 0 Å². The Kier molecular flexibility index (Phi) is 4.57. The van der Waals surface area contributed by atoms with E-state index >= 15 is 0 Å². The lowest BCUT2D eigenvalue weighted by Gasteiger charge is -2.16. The number of ether oxygens (including phenoxy) is 2. The van der Waals surface area contributed by atoms with E-state index in [0.29, 0.717) is 19.0 Å². The summed E-state index contributed by atoms with van der Waals surface area (Å²) in [4.78, 5) is 0. The molecule has 1 aromatic heterocycles. The SMILES string of the molecule is CCOc1ccc(C(N)c2cnnn2C)cc1OCC. The van der Waals surface area contributed by atoms with Crippen LogP contribution in [0, 0.1) is 0 Å². The van der Waals surface area contributed by atoms with Crippen molar-refractivity contribution in [1.29, 1.82) is 0 Å². The lowest BCUT2D eigenvalue weighted by molar-refractivity contribution is 0.287. The molecule has 1 heterocycles. The van der Waals surface area contributed by atoms with Crippen LogP contribution >= 0.6 is 0 Å². The Morgan fingerprint density at radius 2 is 1.90 bits per heavy atom. The summed E-state index contributed by atoms with van der Waals surface area (Å²) >= 11 is 0. The summed E-state index contributed by atoms with van der Waals surface area (Å²) < 4.78 is 12.8. The zero-order chi connectivity index (χ0) is 14.5. The minimum Gasteiger partial charge on any atom is -0.490 e. The van der Waals surface area contributed by atoms with E-state index in [0.717, 1.165) is 17.0 Å². The molecule has 1 aromatic carbocycles. The van der Waals surface area contributed by atoms with E-state index in [1.54, 1.807) is 10.9 Å². The maximum atomic E-state index is 6.25. The quantitative estimate of drug-likeness (QED) is 0.868. The van der Waals surface area contributed by atoms with Crippen molar-refractivity contribution in [2.45, 2.75) is 19.9 Å². The standard InChI is InChI=1S/C14H20N4O2/c1-4-19-12-7-6-10(8-13(12)20-5-2)14(15)11-9-16-17-18(11)3/h6-9,14H,4-5,15H2,1-3H3. The van der Waals surface area contributed by atoms with Crippen LogP contribution in [-0.2, 0) is 7.05 Å². The number of aryl methyl sites for hydroxylation is 1. The Hall–Kier alpha value is -2.08. The largest absolute Gasteiger partial charge is 0.490 e. The lowest BCUT2D eigenvalue weighted by atomic mass is 10.0. The summed E-state index contributed by atoms with van der Waals surface area (Å²) in [5, 5.41) is 7.75. The highest BCUT2D eigenvalue weighted by molar-refractivity contribution is 5.45. The monoisotopic (exact) mass is 276 g/mol. The maximum Gasteiger partial charge on any atom is 0.161 e. The van der Waals surface area contributed by atoms with Crippen LogP contribution in [0.2, 0.25) is 0 Å². The summed E-state index contributed by atoms with van der Waals surface area (Å²) in [6, 6.07) is 5.43. The molecule has 2 aromatic rings. The molecule has 0 spiro atoms. The fourth-order valence-corrected chi connectivity index (χ4v) is 2.01. The highest BCUT2D eigenvalue weighted by Crippen LogP contribution is 2.31. The fourth-order valence-electron chi connectivity index (χ4n) is 2.01. The summed E-state index contributed by atoms with van der Waals surface area (Å²) in [6.07, 6.45) is 1.67. The molecule has 0 fully saturated rings. The van der Waals surface area contributed by atoms with Crippen LogP contribution in [0.15, 0.2) is 24.4 Å². The molecule has 2 N–H and O–H groups in total. The van der Waals surface area contributed by atoms with Gasteiger partial charge in [-0.1, -0.05) is 11.3 Å². The molecule has 6 nitrogen and oxygen atoms in total. The van der Waals surface area contributed by atoms with Crippen molar-refractivity contribution in [3.05, 3.63) is 35.7 Å². The molecule has 0 amide bonds. The molecule has 108 valence electrons. The van der Waals surface area contributed by atoms with Crippen LogP contribution in [0.1, 0.15) is 31.1 Å². The van der Waals surface area contributed by atoms with Gasteiger partial charge in [0.2, 0.25) is 0 Å². The second-order valence-electron chi connectivity index (χ2n) is 4.33. The van der Waals surface area contributed by atoms with Gasteiger partial charge in [0, 0.05) is 7.05 Å². The molecule has 0 aliphatic heterocycles. The van der Waals surface area contributed by atoms with Crippen molar-refractivity contribution in [3.63, 3.8) is 0 Å². The second kappa shape index (κ2) is 6.38. The fraction of sp³-hybridized carbons (Fsp3) is 0.429. The van der Waals surface area contributed by atoms with E-state index in [4.69, 9.17) is 15.2 Å². The second-order valence-corrected chi connectivity index (χ2v) is 4.33. The minimum atomic E-state index is -0.301. The molecule has 0 saturated heterocycles. The molecule has 0 saturated carbocycles. The number of hydrogen-bond acceptors (Lipinski definition) is 5. The Balaban J connectivity index is 2.32. The van der Waals surface area contributed by atoms with Crippen molar-refractivity contribution in [3.8, 4) is 11.5 Å². The van der Waals surface area contributed by atoms with Crippen LogP contribution in [0.5, 0.6) is 11.5 Å². The summed E-state index contributed by atoms with van der Waals surface area (Å²) in [7, 11) is 1.82. The average Bonchev–Trinajstić information content (AvgIpc) is 2.86. The van der Waals surface area contributed by atoms with Gasteiger partial charge in [0.25, 0.3) is 0 Å². The first kappa shape index (κ1) is 14.3. The zero-order valence-electron chi connectivity index (χ0n) is 12.0. The number of nitrogens with zero attached hydrogens (tertiary/aromatic N) is 3. The molecular formula is C14H20N4O2. The van der Waals surface area contributed by atoms with Crippen LogP contribution < -0.4 is 15.2 Å². The van der Waals surface area contributed by atoms with Crippen LogP contribution in [-0.4, -0.2) is 28.2 Å². The van der Waals surface area contributed by atoms with Crippen molar-refractivity contribution in [2.24, 2.45) is 12.8 Å². The predicted octanol–water partition coefficient (Wildman–Crippen LogP) is 1.66. The van der Waals surface area contributed by atoms with E-state index in [2.05, 4.69) is 10.3 Å². The molecule has 0 bridgehead atoms. The zero-order valence-corrected chi connectivity index (χ0v) is 12.0. The smallest absolute Gasteiger partial charge is 0.161 e. The molecule has 0 aliphatic rings. The van der Waals surface area contributed by atoms with Gasteiger partial charge in [0.1, 0.15) is 0 Å². The van der Waals surface area contributed by atoms with Gasteiger partial charge in [-0.2, -0.15) is 0 Å². The van der Waals surface area contributed by atoms with Crippen molar-refractivity contribution in [1.82, 2.24) is 15.0 Å². The number of hydrogen-bond donors (Lipinski definition) is 1. The van der Waals surface area contributed by atoms with Gasteiger partial charge >= 0.3 is 0 Å². The molecular weight excluding hydrogens is 256 g/mol. The highest BCUT2D eigenvalue weighted by Gasteiger charge is 2.16. The number of benzene rings is 1. The first-order chi connectivity index (χ1) is 9.67. The van der Waals surface area contributed by atoms with Crippen molar-refractivity contribution >= 4 is 0 Å². The number of aromatic nitrogens is 3. The molecule has 20 heavy (non-hydrogen) atoms. The first-order valence-corrected chi connectivity index (χ1v) is 6.67. The van der Waals surface area contributed by atoms with E-state index in [1.807, 2.05) is 39.1 Å². The van der Waals surface area contributed by atoms with E-state index in [-0.39, 0.29) is 6.04 Å². The van der Waals surface area contributed by atoms with Gasteiger partial charge in [-0.3, -0.25) is 4.68 Å². The molecule has 2 rings (SSSR count).